The minimum Gasteiger partial charge on any atom is -0.487 e. The molecule has 0 radical (unpaired) electrons. The predicted molar refractivity (Wildman–Crippen MR) is 92.0 cm³/mol. The Bertz CT molecular complexity index is 1030. The second kappa shape index (κ2) is 6.49. The molecule has 0 fully saturated rings. The molecule has 124 valence electrons. The topological polar surface area (TPSA) is 52.3 Å². The summed E-state index contributed by atoms with van der Waals surface area (Å²) in [5.74, 6) is 0.922. The first-order valence-electron chi connectivity index (χ1n) is 7.51. The number of halogens is 2. The Kier molecular flexibility index (Phi) is 4.03. The average molecular weight is 355 g/mol. The third-order valence-electron chi connectivity index (χ3n) is 3.62. The zero-order chi connectivity index (χ0) is 17.2. The molecule has 0 saturated heterocycles. The van der Waals surface area contributed by atoms with Gasteiger partial charge in [-0.1, -0.05) is 23.7 Å². The van der Waals surface area contributed by atoms with Crippen molar-refractivity contribution >= 4 is 17.4 Å². The van der Waals surface area contributed by atoms with E-state index in [0.717, 1.165) is 16.8 Å². The zero-order valence-electron chi connectivity index (χ0n) is 12.9. The van der Waals surface area contributed by atoms with Crippen molar-refractivity contribution in [1.82, 2.24) is 19.4 Å². The molecule has 7 heteroatoms. The van der Waals surface area contributed by atoms with Crippen molar-refractivity contribution in [3.8, 4) is 16.9 Å². The summed E-state index contributed by atoms with van der Waals surface area (Å²) in [5, 5.41) is 0.373. The molecular weight excluding hydrogens is 343 g/mol. The van der Waals surface area contributed by atoms with E-state index in [2.05, 4.69) is 15.0 Å². The van der Waals surface area contributed by atoms with Crippen LogP contribution >= 0.6 is 11.6 Å². The fraction of sp³-hybridized carbons (Fsp3) is 0.0556. The van der Waals surface area contributed by atoms with Crippen molar-refractivity contribution in [2.45, 2.75) is 6.61 Å². The van der Waals surface area contributed by atoms with E-state index in [1.165, 1.54) is 12.1 Å². The van der Waals surface area contributed by atoms with Crippen LogP contribution < -0.4 is 4.74 Å². The number of ether oxygens (including phenoxy) is 1. The highest BCUT2D eigenvalue weighted by Crippen LogP contribution is 2.20. The highest BCUT2D eigenvalue weighted by molar-refractivity contribution is 6.29. The quantitative estimate of drug-likeness (QED) is 0.516. The largest absolute Gasteiger partial charge is 0.487 e. The van der Waals surface area contributed by atoms with E-state index in [0.29, 0.717) is 16.7 Å². The smallest absolute Gasteiger partial charge is 0.234 e. The number of hydrogen-bond donors (Lipinski definition) is 0. The van der Waals surface area contributed by atoms with Gasteiger partial charge in [-0.25, -0.2) is 19.3 Å². The Balaban J connectivity index is 1.56. The van der Waals surface area contributed by atoms with Gasteiger partial charge in [-0.15, -0.1) is 0 Å². The van der Waals surface area contributed by atoms with Gasteiger partial charge in [-0.3, -0.25) is 4.40 Å². The lowest BCUT2D eigenvalue weighted by atomic mass is 10.1. The average Bonchev–Trinajstić information content (AvgIpc) is 3.03. The lowest BCUT2D eigenvalue weighted by Crippen LogP contribution is -1.95. The standard InChI is InChI=1S/C18H12ClFN4O/c19-17-7-16(5-6-21-17)25-11-15-10-24-9-13(8-22-18(24)23-15)12-1-3-14(20)4-2-12/h1-10H,11H2. The number of benzene rings is 1. The van der Waals surface area contributed by atoms with E-state index < -0.39 is 0 Å². The van der Waals surface area contributed by atoms with Crippen LogP contribution in [0.3, 0.4) is 0 Å². The maximum absolute atomic E-state index is 13.1. The maximum atomic E-state index is 13.1. The van der Waals surface area contributed by atoms with Crippen LogP contribution in [0.1, 0.15) is 5.69 Å². The van der Waals surface area contributed by atoms with Gasteiger partial charge in [0.05, 0.1) is 5.69 Å². The van der Waals surface area contributed by atoms with Gasteiger partial charge in [0, 0.05) is 36.4 Å². The molecule has 5 nitrogen and oxygen atoms in total. The molecule has 0 bridgehead atoms. The minimum absolute atomic E-state index is 0.268. The molecule has 0 N–H and O–H groups in total. The normalized spacial score (nSPS) is 11.0. The minimum atomic E-state index is -0.268. The molecule has 25 heavy (non-hydrogen) atoms. The third kappa shape index (κ3) is 3.44. The monoisotopic (exact) mass is 354 g/mol. The van der Waals surface area contributed by atoms with E-state index in [4.69, 9.17) is 16.3 Å². The lowest BCUT2D eigenvalue weighted by Gasteiger charge is -2.03. The number of imidazole rings is 1. The summed E-state index contributed by atoms with van der Waals surface area (Å²) >= 11 is 5.83. The van der Waals surface area contributed by atoms with E-state index >= 15 is 0 Å². The van der Waals surface area contributed by atoms with Gasteiger partial charge in [0.1, 0.15) is 23.3 Å². The Morgan fingerprint density at radius 1 is 1.04 bits per heavy atom. The lowest BCUT2D eigenvalue weighted by molar-refractivity contribution is 0.301. The first-order valence-corrected chi connectivity index (χ1v) is 7.89. The van der Waals surface area contributed by atoms with Gasteiger partial charge in [-0.05, 0) is 23.8 Å². The van der Waals surface area contributed by atoms with E-state index in [-0.39, 0.29) is 12.4 Å². The molecule has 4 aromatic rings. The SMILES string of the molecule is Fc1ccc(-c2cnc3nc(COc4ccnc(Cl)c4)cn3c2)cc1. The van der Waals surface area contributed by atoms with Crippen molar-refractivity contribution in [1.29, 1.82) is 0 Å². The van der Waals surface area contributed by atoms with Crippen molar-refractivity contribution in [3.05, 3.63) is 77.8 Å². The summed E-state index contributed by atoms with van der Waals surface area (Å²) in [6, 6.07) is 9.65. The molecule has 0 aliphatic rings. The molecule has 0 saturated carbocycles. The van der Waals surface area contributed by atoms with Crippen LogP contribution in [0.25, 0.3) is 16.9 Å². The molecule has 0 unspecified atom stereocenters. The number of pyridine rings is 1. The van der Waals surface area contributed by atoms with Crippen molar-refractivity contribution in [2.75, 3.05) is 0 Å². The molecule has 1 aromatic carbocycles. The van der Waals surface area contributed by atoms with Gasteiger partial charge in [0.25, 0.3) is 0 Å². The third-order valence-corrected chi connectivity index (χ3v) is 3.83. The second-order valence-electron chi connectivity index (χ2n) is 5.39. The number of rotatable bonds is 4. The van der Waals surface area contributed by atoms with E-state index in [1.807, 2.05) is 16.8 Å². The van der Waals surface area contributed by atoms with Crippen molar-refractivity contribution in [3.63, 3.8) is 0 Å². The zero-order valence-corrected chi connectivity index (χ0v) is 13.7. The van der Waals surface area contributed by atoms with Crippen LogP contribution in [-0.2, 0) is 6.61 Å². The van der Waals surface area contributed by atoms with Crippen LogP contribution in [-0.4, -0.2) is 19.4 Å². The molecular formula is C18H12ClFN4O. The Morgan fingerprint density at radius 2 is 1.88 bits per heavy atom. The first kappa shape index (κ1) is 15.5. The fourth-order valence-electron chi connectivity index (χ4n) is 2.43. The van der Waals surface area contributed by atoms with Crippen LogP contribution in [0, 0.1) is 5.82 Å². The molecule has 3 aromatic heterocycles. The molecule has 0 spiro atoms. The first-order chi connectivity index (χ1) is 12.2. The maximum Gasteiger partial charge on any atom is 0.234 e. The van der Waals surface area contributed by atoms with E-state index in [9.17, 15) is 4.39 Å². The number of fused-ring (bicyclic) bond motifs is 1. The molecule has 0 aliphatic carbocycles. The summed E-state index contributed by atoms with van der Waals surface area (Å²) in [6.45, 7) is 0.287. The van der Waals surface area contributed by atoms with Gasteiger partial charge in [0.2, 0.25) is 5.78 Å². The summed E-state index contributed by atoms with van der Waals surface area (Å²) in [5.41, 5.74) is 2.49. The Morgan fingerprint density at radius 3 is 2.68 bits per heavy atom. The Labute approximate surface area is 147 Å². The highest BCUT2D eigenvalue weighted by atomic mass is 35.5. The van der Waals surface area contributed by atoms with Crippen LogP contribution in [0.2, 0.25) is 5.15 Å². The number of nitrogens with zero attached hydrogens (tertiary/aromatic N) is 4. The second-order valence-corrected chi connectivity index (χ2v) is 5.78. The summed E-state index contributed by atoms with van der Waals surface area (Å²) in [6.07, 6.45) is 7.04. The molecule has 0 atom stereocenters. The Hall–Kier alpha value is -2.99. The molecule has 0 aliphatic heterocycles. The van der Waals surface area contributed by atoms with Gasteiger partial charge < -0.3 is 4.74 Å². The van der Waals surface area contributed by atoms with Crippen LogP contribution in [0.15, 0.2) is 61.2 Å². The van der Waals surface area contributed by atoms with Crippen molar-refractivity contribution in [2.24, 2.45) is 0 Å². The predicted octanol–water partition coefficient (Wildman–Crippen LogP) is 4.16. The van der Waals surface area contributed by atoms with E-state index in [1.54, 1.807) is 36.7 Å². The van der Waals surface area contributed by atoms with Gasteiger partial charge in [-0.2, -0.15) is 0 Å². The van der Waals surface area contributed by atoms with Gasteiger partial charge in [0.15, 0.2) is 0 Å². The molecule has 3 heterocycles. The van der Waals surface area contributed by atoms with Crippen LogP contribution in [0.5, 0.6) is 5.75 Å². The summed E-state index contributed by atoms with van der Waals surface area (Å²) in [4.78, 5) is 12.7. The van der Waals surface area contributed by atoms with Gasteiger partial charge >= 0.3 is 0 Å². The van der Waals surface area contributed by atoms with Crippen LogP contribution in [0.4, 0.5) is 4.39 Å². The molecule has 0 amide bonds. The summed E-state index contributed by atoms with van der Waals surface area (Å²) in [7, 11) is 0. The molecule has 4 rings (SSSR count). The summed E-state index contributed by atoms with van der Waals surface area (Å²) < 4.78 is 20.5. The fourth-order valence-corrected chi connectivity index (χ4v) is 2.59. The van der Waals surface area contributed by atoms with Crippen molar-refractivity contribution < 1.29 is 9.13 Å². The number of hydrogen-bond acceptors (Lipinski definition) is 4. The number of aromatic nitrogens is 4. The highest BCUT2D eigenvalue weighted by Gasteiger charge is 2.06.